The molecule has 0 heterocycles. The lowest BCUT2D eigenvalue weighted by Crippen LogP contribution is -2.38. The summed E-state index contributed by atoms with van der Waals surface area (Å²) in [5, 5.41) is 11.3. The molecule has 0 spiro atoms. The van der Waals surface area contributed by atoms with Crippen molar-refractivity contribution in [3.63, 3.8) is 0 Å². The van der Waals surface area contributed by atoms with E-state index in [1.807, 2.05) is 6.07 Å². The molecule has 2 bridgehead atoms. The zero-order valence-corrected chi connectivity index (χ0v) is 7.62. The number of rotatable bonds is 2. The van der Waals surface area contributed by atoms with Crippen LogP contribution in [0.15, 0.2) is 0 Å². The molecule has 2 aliphatic carbocycles. The minimum atomic E-state index is -0.0972. The Labute approximate surface area is 78.1 Å². The standard InChI is InChI=1S/C10H14N2O/c11-4-3-10(13)12-9-6-7-1-2-8(9)5-7/h7-9H,1-3,5-6H2,(H,12,13). The molecule has 2 rings (SSSR count). The molecule has 3 unspecified atom stereocenters. The number of nitriles is 1. The van der Waals surface area contributed by atoms with Crippen LogP contribution in [0.4, 0.5) is 0 Å². The molecule has 0 aliphatic heterocycles. The van der Waals surface area contributed by atoms with E-state index in [-0.39, 0.29) is 12.3 Å². The lowest BCUT2D eigenvalue weighted by molar-refractivity contribution is -0.121. The number of carbonyl (C=O) groups excluding carboxylic acids is 1. The number of nitrogens with zero attached hydrogens (tertiary/aromatic N) is 1. The normalized spacial score (nSPS) is 35.8. The molecule has 2 saturated carbocycles. The Morgan fingerprint density at radius 2 is 2.31 bits per heavy atom. The van der Waals surface area contributed by atoms with E-state index in [0.29, 0.717) is 12.0 Å². The summed E-state index contributed by atoms with van der Waals surface area (Å²) in [6.45, 7) is 0. The minimum Gasteiger partial charge on any atom is -0.352 e. The molecular formula is C10H14N2O. The Bertz CT molecular complexity index is 256. The summed E-state index contributed by atoms with van der Waals surface area (Å²) in [4.78, 5) is 11.1. The monoisotopic (exact) mass is 178 g/mol. The van der Waals surface area contributed by atoms with E-state index in [9.17, 15) is 4.79 Å². The molecule has 3 atom stereocenters. The molecule has 0 radical (unpaired) electrons. The average Bonchev–Trinajstić information content (AvgIpc) is 2.65. The van der Waals surface area contributed by atoms with Crippen LogP contribution in [0.2, 0.25) is 0 Å². The summed E-state index contributed by atoms with van der Waals surface area (Å²) in [5.41, 5.74) is 0. The van der Waals surface area contributed by atoms with E-state index in [4.69, 9.17) is 5.26 Å². The Kier molecular flexibility index (Phi) is 2.22. The molecule has 13 heavy (non-hydrogen) atoms. The van der Waals surface area contributed by atoms with Gasteiger partial charge >= 0.3 is 0 Å². The fourth-order valence-electron chi connectivity index (χ4n) is 2.75. The van der Waals surface area contributed by atoms with E-state index in [1.54, 1.807) is 0 Å². The Hall–Kier alpha value is -1.04. The zero-order chi connectivity index (χ0) is 9.26. The highest BCUT2D eigenvalue weighted by molar-refractivity contribution is 5.78. The summed E-state index contributed by atoms with van der Waals surface area (Å²) < 4.78 is 0. The third-order valence-electron chi connectivity index (χ3n) is 3.32. The highest BCUT2D eigenvalue weighted by atomic mass is 16.1. The second-order valence-corrected chi connectivity index (χ2v) is 4.18. The van der Waals surface area contributed by atoms with Gasteiger partial charge in [-0.25, -0.2) is 0 Å². The second-order valence-electron chi connectivity index (χ2n) is 4.18. The number of hydrogen-bond donors (Lipinski definition) is 1. The van der Waals surface area contributed by atoms with Gasteiger partial charge in [-0.15, -0.1) is 0 Å². The summed E-state index contributed by atoms with van der Waals surface area (Å²) in [6, 6.07) is 2.25. The molecule has 0 aromatic rings. The molecule has 0 saturated heterocycles. The SMILES string of the molecule is N#CCC(=O)NC1CC2CCC1C2. The molecule has 2 fully saturated rings. The molecule has 1 N–H and O–H groups in total. The lowest BCUT2D eigenvalue weighted by atomic mass is 9.95. The summed E-state index contributed by atoms with van der Waals surface area (Å²) in [6.07, 6.45) is 5.05. The topological polar surface area (TPSA) is 52.9 Å². The number of nitrogens with one attached hydrogen (secondary N) is 1. The molecule has 3 nitrogen and oxygen atoms in total. The Balaban J connectivity index is 1.84. The molecule has 3 heteroatoms. The quantitative estimate of drug-likeness (QED) is 0.690. The van der Waals surface area contributed by atoms with E-state index in [2.05, 4.69) is 5.32 Å². The Morgan fingerprint density at radius 3 is 2.85 bits per heavy atom. The molecule has 2 aliphatic rings. The van der Waals surface area contributed by atoms with Gasteiger partial charge in [0.2, 0.25) is 5.91 Å². The van der Waals surface area contributed by atoms with Crippen LogP contribution in [0.25, 0.3) is 0 Å². The number of carbonyl (C=O) groups is 1. The van der Waals surface area contributed by atoms with Crippen LogP contribution in [0.5, 0.6) is 0 Å². The average molecular weight is 178 g/mol. The number of amides is 1. The van der Waals surface area contributed by atoms with Crippen molar-refractivity contribution < 1.29 is 4.79 Å². The van der Waals surface area contributed by atoms with Gasteiger partial charge in [0.1, 0.15) is 6.42 Å². The largest absolute Gasteiger partial charge is 0.352 e. The first-order chi connectivity index (χ1) is 6.29. The van der Waals surface area contributed by atoms with Gasteiger partial charge < -0.3 is 5.32 Å². The van der Waals surface area contributed by atoms with Gasteiger partial charge in [0, 0.05) is 6.04 Å². The molecular weight excluding hydrogens is 164 g/mol. The number of hydrogen-bond acceptors (Lipinski definition) is 2. The van der Waals surface area contributed by atoms with Crippen molar-refractivity contribution in [3.05, 3.63) is 0 Å². The second kappa shape index (κ2) is 3.37. The third kappa shape index (κ3) is 1.67. The van der Waals surface area contributed by atoms with Gasteiger partial charge in [-0.2, -0.15) is 5.26 Å². The predicted octanol–water partition coefficient (Wildman–Crippen LogP) is 1.20. The maximum absolute atomic E-state index is 11.1. The van der Waals surface area contributed by atoms with Crippen molar-refractivity contribution in [1.29, 1.82) is 5.26 Å². The van der Waals surface area contributed by atoms with Crippen molar-refractivity contribution in [3.8, 4) is 6.07 Å². The molecule has 0 aromatic heterocycles. The lowest BCUT2D eigenvalue weighted by Gasteiger charge is -2.22. The highest BCUT2D eigenvalue weighted by Gasteiger charge is 2.39. The summed E-state index contributed by atoms with van der Waals surface area (Å²) in [5.74, 6) is 1.45. The van der Waals surface area contributed by atoms with Gasteiger partial charge in [0.25, 0.3) is 0 Å². The fraction of sp³-hybridized carbons (Fsp3) is 0.800. The first-order valence-corrected chi connectivity index (χ1v) is 4.96. The Morgan fingerprint density at radius 1 is 1.46 bits per heavy atom. The first-order valence-electron chi connectivity index (χ1n) is 4.96. The van der Waals surface area contributed by atoms with Crippen LogP contribution in [-0.4, -0.2) is 11.9 Å². The van der Waals surface area contributed by atoms with Gasteiger partial charge in [0.15, 0.2) is 0 Å². The van der Waals surface area contributed by atoms with Crippen molar-refractivity contribution in [2.45, 2.75) is 38.1 Å². The van der Waals surface area contributed by atoms with Crippen LogP contribution >= 0.6 is 0 Å². The van der Waals surface area contributed by atoms with E-state index in [0.717, 1.165) is 12.3 Å². The van der Waals surface area contributed by atoms with Gasteiger partial charge in [-0.05, 0) is 31.1 Å². The van der Waals surface area contributed by atoms with Gasteiger partial charge in [0.05, 0.1) is 6.07 Å². The predicted molar refractivity (Wildman–Crippen MR) is 47.6 cm³/mol. The van der Waals surface area contributed by atoms with Crippen molar-refractivity contribution in [1.82, 2.24) is 5.32 Å². The van der Waals surface area contributed by atoms with Crippen molar-refractivity contribution >= 4 is 5.91 Å². The smallest absolute Gasteiger partial charge is 0.234 e. The van der Waals surface area contributed by atoms with Crippen LogP contribution in [0, 0.1) is 23.2 Å². The van der Waals surface area contributed by atoms with E-state index in [1.165, 1.54) is 19.3 Å². The van der Waals surface area contributed by atoms with Crippen LogP contribution in [-0.2, 0) is 4.79 Å². The van der Waals surface area contributed by atoms with Gasteiger partial charge in [-0.1, -0.05) is 6.42 Å². The maximum Gasteiger partial charge on any atom is 0.234 e. The third-order valence-corrected chi connectivity index (χ3v) is 3.32. The zero-order valence-electron chi connectivity index (χ0n) is 7.62. The van der Waals surface area contributed by atoms with E-state index >= 15 is 0 Å². The number of fused-ring (bicyclic) bond motifs is 2. The maximum atomic E-state index is 11.1. The van der Waals surface area contributed by atoms with Crippen LogP contribution in [0.3, 0.4) is 0 Å². The first kappa shape index (κ1) is 8.55. The molecule has 70 valence electrons. The molecule has 0 aromatic carbocycles. The van der Waals surface area contributed by atoms with Crippen LogP contribution in [0.1, 0.15) is 32.1 Å². The van der Waals surface area contributed by atoms with Crippen molar-refractivity contribution in [2.24, 2.45) is 11.8 Å². The fourth-order valence-corrected chi connectivity index (χ4v) is 2.75. The van der Waals surface area contributed by atoms with Gasteiger partial charge in [-0.3, -0.25) is 4.79 Å². The molecule has 1 amide bonds. The highest BCUT2D eigenvalue weighted by Crippen LogP contribution is 2.44. The minimum absolute atomic E-state index is 0.00782. The summed E-state index contributed by atoms with van der Waals surface area (Å²) >= 11 is 0. The van der Waals surface area contributed by atoms with Crippen molar-refractivity contribution in [2.75, 3.05) is 0 Å². The van der Waals surface area contributed by atoms with E-state index < -0.39 is 0 Å². The van der Waals surface area contributed by atoms with Crippen LogP contribution < -0.4 is 5.32 Å². The summed E-state index contributed by atoms with van der Waals surface area (Å²) in [7, 11) is 0.